The maximum absolute atomic E-state index is 13.0. The van der Waals surface area contributed by atoms with E-state index < -0.39 is 52.8 Å². The third-order valence-electron chi connectivity index (χ3n) is 10.3. The van der Waals surface area contributed by atoms with Crippen LogP contribution in [0, 0.1) is 10.8 Å². The molecular weight excluding hydrogens is 508 g/mol. The molecule has 0 aromatic heterocycles. The summed E-state index contributed by atoms with van der Waals surface area (Å²) < 4.78 is 36.7. The number of carbonyl (C=O) groups excluding carboxylic acids is 2. The average molecular weight is 547 g/mol. The van der Waals surface area contributed by atoms with Gasteiger partial charge in [0.25, 0.3) is 0 Å². The van der Waals surface area contributed by atoms with Gasteiger partial charge in [-0.2, -0.15) is 0 Å². The quantitative estimate of drug-likeness (QED) is 0.368. The number of aliphatic hydroxyl groups is 2. The Labute approximate surface area is 227 Å². The Bertz CT molecular complexity index is 1120. The molecule has 4 heterocycles. The van der Waals surface area contributed by atoms with E-state index in [4.69, 9.17) is 28.4 Å². The van der Waals surface area contributed by atoms with Crippen molar-refractivity contribution in [2.45, 2.75) is 101 Å². The second-order valence-corrected chi connectivity index (χ2v) is 12.4. The predicted molar refractivity (Wildman–Crippen MR) is 135 cm³/mol. The Morgan fingerprint density at radius 2 is 1.82 bits per heavy atom. The number of cyclic esters (lactones) is 1. The number of aliphatic hydroxyl groups excluding tert-OH is 2. The number of rotatable bonds is 1. The summed E-state index contributed by atoms with van der Waals surface area (Å²) in [6.45, 7) is 7.74. The van der Waals surface area contributed by atoms with Gasteiger partial charge in [0.15, 0.2) is 0 Å². The summed E-state index contributed by atoms with van der Waals surface area (Å²) in [5.41, 5.74) is -1.91. The van der Waals surface area contributed by atoms with Crippen LogP contribution in [0.15, 0.2) is 36.0 Å². The van der Waals surface area contributed by atoms with Crippen LogP contribution >= 0.6 is 0 Å². The molecule has 2 N–H and O–H groups in total. The summed E-state index contributed by atoms with van der Waals surface area (Å²) in [5, 5.41) is 20.6. The highest BCUT2D eigenvalue weighted by molar-refractivity contribution is 5.83. The number of esters is 2. The molecule has 0 radical (unpaired) electrons. The van der Waals surface area contributed by atoms with Crippen molar-refractivity contribution in [2.75, 3.05) is 19.8 Å². The number of hydrogen-bond donors (Lipinski definition) is 2. The first-order valence-corrected chi connectivity index (χ1v) is 13.8. The molecule has 10 nitrogen and oxygen atoms in total. The lowest BCUT2D eigenvalue weighted by Gasteiger charge is -2.58. The van der Waals surface area contributed by atoms with Gasteiger partial charge < -0.3 is 38.6 Å². The van der Waals surface area contributed by atoms with Gasteiger partial charge in [-0.25, -0.2) is 9.59 Å². The van der Waals surface area contributed by atoms with Crippen molar-refractivity contribution >= 4 is 11.9 Å². The van der Waals surface area contributed by atoms with Crippen molar-refractivity contribution in [3.8, 4) is 0 Å². The summed E-state index contributed by atoms with van der Waals surface area (Å²) in [5.74, 6) is -1.10. The van der Waals surface area contributed by atoms with E-state index in [1.54, 1.807) is 32.1 Å². The topological polar surface area (TPSA) is 137 Å². The zero-order chi connectivity index (χ0) is 27.8. The Morgan fingerprint density at radius 1 is 1.05 bits per heavy atom. The molecule has 11 unspecified atom stereocenters. The second kappa shape index (κ2) is 9.22. The molecule has 11 atom stereocenters. The number of allylic oxidation sites excluding steroid dienone is 2. The number of epoxide rings is 2. The zero-order valence-electron chi connectivity index (χ0n) is 22.8. The smallest absolute Gasteiger partial charge is 0.331 e. The molecule has 4 aliphatic heterocycles. The van der Waals surface area contributed by atoms with Crippen molar-refractivity contribution in [3.05, 3.63) is 36.0 Å². The summed E-state index contributed by atoms with van der Waals surface area (Å²) in [6.07, 6.45) is 5.28. The van der Waals surface area contributed by atoms with Crippen LogP contribution in [0.5, 0.6) is 0 Å². The Kier molecular flexibility index (Phi) is 6.41. The van der Waals surface area contributed by atoms with E-state index in [-0.39, 0.29) is 37.1 Å². The van der Waals surface area contributed by atoms with E-state index in [9.17, 15) is 19.8 Å². The van der Waals surface area contributed by atoms with Gasteiger partial charge in [-0.15, -0.1) is 0 Å². The van der Waals surface area contributed by atoms with E-state index in [0.717, 1.165) is 6.42 Å². The fraction of sp³-hybridized carbons (Fsp3) is 0.724. The monoisotopic (exact) mass is 546 g/mol. The minimum absolute atomic E-state index is 0.0356. The second-order valence-electron chi connectivity index (χ2n) is 12.4. The lowest BCUT2D eigenvalue weighted by atomic mass is 9.50. The van der Waals surface area contributed by atoms with Crippen LogP contribution in [0.4, 0.5) is 0 Å². The fourth-order valence-corrected chi connectivity index (χ4v) is 7.55. The first-order valence-electron chi connectivity index (χ1n) is 13.8. The predicted octanol–water partition coefficient (Wildman–Crippen LogP) is 1.52. The first-order chi connectivity index (χ1) is 18.5. The number of ether oxygens (including phenoxy) is 6. The Hall–Kier alpha value is -2.08. The summed E-state index contributed by atoms with van der Waals surface area (Å²) >= 11 is 0. The van der Waals surface area contributed by atoms with Gasteiger partial charge in [0.05, 0.1) is 48.6 Å². The van der Waals surface area contributed by atoms with Crippen LogP contribution in [0.25, 0.3) is 0 Å². The van der Waals surface area contributed by atoms with Crippen LogP contribution in [-0.2, 0) is 38.0 Å². The molecule has 2 saturated carbocycles. The third kappa shape index (κ3) is 4.06. The molecule has 0 amide bonds. The maximum Gasteiger partial charge on any atom is 0.331 e. The molecular formula is C29H38O10. The molecule has 0 aromatic rings. The highest BCUT2D eigenvalue weighted by atomic mass is 16.7. The summed E-state index contributed by atoms with van der Waals surface area (Å²) in [7, 11) is 0. The first kappa shape index (κ1) is 27.1. The number of carbonyl (C=O) groups is 2. The molecule has 39 heavy (non-hydrogen) atoms. The van der Waals surface area contributed by atoms with Gasteiger partial charge in [-0.3, -0.25) is 0 Å². The summed E-state index contributed by atoms with van der Waals surface area (Å²) in [6, 6.07) is 0. The largest absolute Gasteiger partial charge is 0.462 e. The number of fused-ring (bicyclic) bond motifs is 2. The third-order valence-corrected chi connectivity index (χ3v) is 10.3. The minimum atomic E-state index is -1.07. The van der Waals surface area contributed by atoms with Gasteiger partial charge in [-0.1, -0.05) is 25.2 Å². The molecule has 2 aliphatic carbocycles. The summed E-state index contributed by atoms with van der Waals surface area (Å²) in [4.78, 5) is 26.0. The Balaban J connectivity index is 1.37. The van der Waals surface area contributed by atoms with Gasteiger partial charge in [0.2, 0.25) is 0 Å². The lowest BCUT2D eigenvalue weighted by Crippen LogP contribution is -2.69. The van der Waals surface area contributed by atoms with Gasteiger partial charge in [0, 0.05) is 24.0 Å². The van der Waals surface area contributed by atoms with Crippen LogP contribution in [0.3, 0.4) is 0 Å². The lowest BCUT2D eigenvalue weighted by molar-refractivity contribution is -0.250. The molecule has 2 spiro atoms. The van der Waals surface area contributed by atoms with Crippen LogP contribution in [-0.4, -0.2) is 95.9 Å². The highest BCUT2D eigenvalue weighted by Crippen LogP contribution is 2.75. The maximum atomic E-state index is 13.0. The van der Waals surface area contributed by atoms with Gasteiger partial charge in [0.1, 0.15) is 30.5 Å². The van der Waals surface area contributed by atoms with Crippen LogP contribution in [0.2, 0.25) is 0 Å². The van der Waals surface area contributed by atoms with Crippen molar-refractivity contribution < 1.29 is 48.2 Å². The van der Waals surface area contributed by atoms with Crippen molar-refractivity contribution in [1.29, 1.82) is 0 Å². The standard InChI is InChI=1S/C29H38O10/c1-16-11-23(33)35-14-28-10-9-26(3)24(39-26)25(28)38-21-12-20(27(28,4)29(21)15-36-29)37-22(32)8-6-5-7-19(17(2)30)34-13-18(16)31/h5-8,11,17-21,24-25,30-31H,9-10,12-15H2,1-4H3/b7-5+,8-6?,16-11?. The van der Waals surface area contributed by atoms with Gasteiger partial charge >= 0.3 is 11.9 Å². The molecule has 0 aromatic carbocycles. The average Bonchev–Trinajstić information content (AvgIpc) is 3.79. The highest BCUT2D eigenvalue weighted by Gasteiger charge is 2.86. The molecule has 6 aliphatic rings. The zero-order valence-corrected chi connectivity index (χ0v) is 22.8. The van der Waals surface area contributed by atoms with Crippen LogP contribution in [0.1, 0.15) is 47.0 Å². The van der Waals surface area contributed by atoms with Crippen molar-refractivity contribution in [2.24, 2.45) is 10.8 Å². The Morgan fingerprint density at radius 3 is 2.54 bits per heavy atom. The van der Waals surface area contributed by atoms with E-state index in [1.807, 2.05) is 0 Å². The fourth-order valence-electron chi connectivity index (χ4n) is 7.55. The molecule has 6 rings (SSSR count). The molecule has 2 bridgehead atoms. The van der Waals surface area contributed by atoms with E-state index in [0.29, 0.717) is 25.0 Å². The van der Waals surface area contributed by atoms with E-state index in [2.05, 4.69) is 13.8 Å². The molecule has 214 valence electrons. The SMILES string of the molecule is CC1=CC(=O)OCC23CCC4(C)OC4C2OC2CC(OC(=O)C=C/C=C/C(C(C)O)OCC1O)C3(C)C21CO1. The molecule has 5 fully saturated rings. The minimum Gasteiger partial charge on any atom is -0.462 e. The number of hydrogen-bond acceptors (Lipinski definition) is 10. The van der Waals surface area contributed by atoms with E-state index in [1.165, 1.54) is 12.2 Å². The van der Waals surface area contributed by atoms with Crippen LogP contribution < -0.4 is 0 Å². The molecule has 3 saturated heterocycles. The normalized spacial score (nSPS) is 50.9. The van der Waals surface area contributed by atoms with Crippen molar-refractivity contribution in [3.63, 3.8) is 0 Å². The van der Waals surface area contributed by atoms with E-state index >= 15 is 0 Å². The van der Waals surface area contributed by atoms with Gasteiger partial charge in [-0.05, 0) is 39.2 Å². The van der Waals surface area contributed by atoms with Crippen molar-refractivity contribution in [1.82, 2.24) is 0 Å². The molecule has 10 heteroatoms.